The number of hydrogen-bond donors (Lipinski definition) is 4. The van der Waals surface area contributed by atoms with Gasteiger partial charge in [-0.25, -0.2) is 14.4 Å². The molecule has 9 nitrogen and oxygen atoms in total. The molecular weight excluding hydrogens is 413 g/mol. The topological polar surface area (TPSA) is 111 Å². The van der Waals surface area contributed by atoms with E-state index < -0.39 is 5.82 Å². The fourth-order valence-electron chi connectivity index (χ4n) is 3.22. The van der Waals surface area contributed by atoms with E-state index in [0.29, 0.717) is 41.5 Å². The first-order chi connectivity index (χ1) is 14.5. The molecule has 1 aromatic carbocycles. The second-order valence-corrected chi connectivity index (χ2v) is 7.36. The zero-order valence-electron chi connectivity index (χ0n) is 16.2. The van der Waals surface area contributed by atoms with Crippen LogP contribution in [0.3, 0.4) is 0 Å². The van der Waals surface area contributed by atoms with Crippen molar-refractivity contribution in [1.29, 1.82) is 0 Å². The number of pyridine rings is 1. The molecule has 1 fully saturated rings. The Morgan fingerprint density at radius 2 is 2.33 bits per heavy atom. The van der Waals surface area contributed by atoms with Crippen LogP contribution in [0.15, 0.2) is 35.5 Å². The lowest BCUT2D eigenvalue weighted by atomic mass is 10.2. The molecular formula is C19H21ClFN7O2. The summed E-state index contributed by atoms with van der Waals surface area (Å²) in [4.78, 5) is 18.4. The number of morpholine rings is 1. The molecule has 1 aliphatic rings. The van der Waals surface area contributed by atoms with Crippen LogP contribution >= 0.6 is 11.6 Å². The Hall–Kier alpha value is -2.79. The zero-order valence-corrected chi connectivity index (χ0v) is 16.9. The molecule has 0 bridgehead atoms. The number of fused-ring (bicyclic) bond motifs is 1. The van der Waals surface area contributed by atoms with Gasteiger partial charge < -0.3 is 19.9 Å². The molecule has 3 heterocycles. The summed E-state index contributed by atoms with van der Waals surface area (Å²) in [6.07, 6.45) is 1.62. The van der Waals surface area contributed by atoms with Gasteiger partial charge in [0, 0.05) is 31.4 Å². The van der Waals surface area contributed by atoms with Crippen LogP contribution in [0.25, 0.3) is 11.2 Å². The number of likely N-dealkylation sites (N-methyl/N-ethyl adjacent to an activating group) is 1. The minimum absolute atomic E-state index is 0.0583. The van der Waals surface area contributed by atoms with E-state index in [-0.39, 0.29) is 17.0 Å². The van der Waals surface area contributed by atoms with Crippen LogP contribution in [0.1, 0.15) is 5.56 Å². The predicted molar refractivity (Wildman–Crippen MR) is 112 cm³/mol. The molecule has 0 saturated carbocycles. The quantitative estimate of drug-likeness (QED) is 0.278. The molecule has 1 unspecified atom stereocenters. The van der Waals surface area contributed by atoms with Gasteiger partial charge >= 0.3 is 0 Å². The summed E-state index contributed by atoms with van der Waals surface area (Å²) in [5, 5.41) is 12.8. The lowest BCUT2D eigenvalue weighted by Gasteiger charge is -2.29. The van der Waals surface area contributed by atoms with Crippen molar-refractivity contribution in [3.05, 3.63) is 46.9 Å². The van der Waals surface area contributed by atoms with Crippen molar-refractivity contribution in [3.8, 4) is 0 Å². The van der Waals surface area contributed by atoms with Gasteiger partial charge in [-0.1, -0.05) is 11.6 Å². The Morgan fingerprint density at radius 3 is 3.10 bits per heavy atom. The van der Waals surface area contributed by atoms with Gasteiger partial charge in [0.2, 0.25) is 5.95 Å². The summed E-state index contributed by atoms with van der Waals surface area (Å²) in [5.74, 6) is 0.124. The van der Waals surface area contributed by atoms with Crippen molar-refractivity contribution in [2.24, 2.45) is 4.99 Å². The number of hydroxylamine groups is 1. The number of nitrogens with zero attached hydrogens (tertiary/aromatic N) is 4. The summed E-state index contributed by atoms with van der Waals surface area (Å²) in [6, 6.07) is 5.71. The highest BCUT2D eigenvalue weighted by molar-refractivity contribution is 6.31. The maximum Gasteiger partial charge on any atom is 0.202 e. The second-order valence-electron chi connectivity index (χ2n) is 6.95. The standard InChI is InChI=1S/C19H21ClFN7O2/c1-28-6-7-30-12(10-28)9-23-19-25-16-13(4-5-22-18(16)26-19)17(27-29)24-11-2-3-15(21)14(20)8-11/h2-5,8,12,29H,6-7,9-10H2,1H3,(H,24,27)(H2,22,23,25,26). The molecule has 158 valence electrons. The highest BCUT2D eigenvalue weighted by Crippen LogP contribution is 2.23. The average molecular weight is 434 g/mol. The number of halogens is 2. The smallest absolute Gasteiger partial charge is 0.202 e. The highest BCUT2D eigenvalue weighted by atomic mass is 35.5. The summed E-state index contributed by atoms with van der Waals surface area (Å²) >= 11 is 5.82. The lowest BCUT2D eigenvalue weighted by Crippen LogP contribution is -2.43. The average Bonchev–Trinajstić information content (AvgIpc) is 3.16. The number of H-pyrrole nitrogens is 1. The van der Waals surface area contributed by atoms with Crippen LogP contribution in [-0.4, -0.2) is 70.3 Å². The van der Waals surface area contributed by atoms with E-state index in [4.69, 9.17) is 16.3 Å². The molecule has 30 heavy (non-hydrogen) atoms. The van der Waals surface area contributed by atoms with Crippen LogP contribution < -0.4 is 10.8 Å². The summed E-state index contributed by atoms with van der Waals surface area (Å²) in [7, 11) is 2.06. The van der Waals surface area contributed by atoms with Gasteiger partial charge in [-0.3, -0.25) is 10.7 Å². The van der Waals surface area contributed by atoms with Gasteiger partial charge in [0.1, 0.15) is 5.82 Å². The molecule has 1 aliphatic heterocycles. The monoisotopic (exact) mass is 433 g/mol. The van der Waals surface area contributed by atoms with Crippen LogP contribution in [0.2, 0.25) is 5.02 Å². The molecule has 0 spiro atoms. The van der Waals surface area contributed by atoms with Crippen molar-refractivity contribution in [2.75, 3.05) is 38.6 Å². The number of nitrogens with one attached hydrogen (secondary N) is 3. The number of amidine groups is 1. The molecule has 3 aromatic rings. The molecule has 11 heteroatoms. The minimum Gasteiger partial charge on any atom is -0.374 e. The molecule has 0 aliphatic carbocycles. The van der Waals surface area contributed by atoms with Gasteiger partial charge in [-0.2, -0.15) is 4.98 Å². The zero-order chi connectivity index (χ0) is 21.1. The predicted octanol–water partition coefficient (Wildman–Crippen LogP) is 2.55. The summed E-state index contributed by atoms with van der Waals surface area (Å²) < 4.78 is 19.1. The maximum atomic E-state index is 13.4. The first kappa shape index (κ1) is 20.5. The molecule has 1 saturated heterocycles. The first-order valence-corrected chi connectivity index (χ1v) is 9.74. The van der Waals surface area contributed by atoms with Gasteiger partial charge in [0.15, 0.2) is 11.5 Å². The van der Waals surface area contributed by atoms with Crippen molar-refractivity contribution in [2.45, 2.75) is 6.10 Å². The third-order valence-electron chi connectivity index (χ3n) is 4.74. The number of aromatic nitrogens is 3. The second kappa shape index (κ2) is 8.92. The van der Waals surface area contributed by atoms with Crippen LogP contribution in [-0.2, 0) is 4.74 Å². The number of imidazole rings is 1. The molecule has 2 aromatic heterocycles. The normalized spacial score (nSPS) is 18.0. The third-order valence-corrected chi connectivity index (χ3v) is 5.03. The Balaban J connectivity index is 1.59. The molecule has 1 atom stereocenters. The minimum atomic E-state index is -0.544. The fraction of sp³-hybridized carbons (Fsp3) is 0.316. The molecule has 4 N–H and O–H groups in total. The number of hydrogen-bond acceptors (Lipinski definition) is 7. The fourth-order valence-corrected chi connectivity index (χ4v) is 3.40. The molecule has 4 rings (SSSR count). The number of benzene rings is 1. The van der Waals surface area contributed by atoms with E-state index in [2.05, 4.69) is 42.7 Å². The van der Waals surface area contributed by atoms with E-state index in [9.17, 15) is 9.60 Å². The number of anilines is 1. The highest BCUT2D eigenvalue weighted by Gasteiger charge is 2.18. The van der Waals surface area contributed by atoms with E-state index >= 15 is 0 Å². The van der Waals surface area contributed by atoms with Gasteiger partial charge in [-0.15, -0.1) is 0 Å². The van der Waals surface area contributed by atoms with E-state index in [1.807, 2.05) is 0 Å². The van der Waals surface area contributed by atoms with Crippen molar-refractivity contribution in [3.63, 3.8) is 0 Å². The van der Waals surface area contributed by atoms with E-state index in [1.165, 1.54) is 18.2 Å². The lowest BCUT2D eigenvalue weighted by molar-refractivity contribution is -0.0117. The molecule has 0 amide bonds. The Bertz CT molecular complexity index is 1070. The summed E-state index contributed by atoms with van der Waals surface area (Å²) in [5.41, 5.74) is 4.03. The van der Waals surface area contributed by atoms with E-state index in [1.54, 1.807) is 12.3 Å². The largest absolute Gasteiger partial charge is 0.374 e. The number of aliphatic imine (C=N–C) groups is 1. The van der Waals surface area contributed by atoms with Crippen LogP contribution in [0.4, 0.5) is 16.0 Å². The van der Waals surface area contributed by atoms with Gasteiger partial charge in [0.25, 0.3) is 0 Å². The Morgan fingerprint density at radius 1 is 1.47 bits per heavy atom. The third kappa shape index (κ3) is 4.51. The van der Waals surface area contributed by atoms with Crippen molar-refractivity contribution in [1.82, 2.24) is 25.3 Å². The first-order valence-electron chi connectivity index (χ1n) is 9.36. The van der Waals surface area contributed by atoms with E-state index in [0.717, 1.165) is 13.1 Å². The number of aromatic amines is 1. The Labute approximate surface area is 176 Å². The SMILES string of the molecule is CN1CCOC(CNc2nc3nccc(C(=Nc4ccc(F)c(Cl)c4)NO)c3[nH]2)C1. The van der Waals surface area contributed by atoms with Gasteiger partial charge in [0.05, 0.1) is 28.9 Å². The van der Waals surface area contributed by atoms with Crippen LogP contribution in [0, 0.1) is 5.82 Å². The molecule has 0 radical (unpaired) electrons. The van der Waals surface area contributed by atoms with Gasteiger partial charge in [-0.05, 0) is 31.3 Å². The van der Waals surface area contributed by atoms with Crippen molar-refractivity contribution >= 4 is 40.2 Å². The van der Waals surface area contributed by atoms with Crippen molar-refractivity contribution < 1.29 is 14.3 Å². The maximum absolute atomic E-state index is 13.4. The number of rotatable bonds is 5. The Kier molecular flexibility index (Phi) is 6.09. The van der Waals surface area contributed by atoms with Crippen LogP contribution in [0.5, 0.6) is 0 Å². The number of ether oxygens (including phenoxy) is 1. The summed E-state index contributed by atoms with van der Waals surface area (Å²) in [6.45, 7) is 3.04.